The maximum atomic E-state index is 12.7. The van der Waals surface area contributed by atoms with Crippen molar-refractivity contribution in [2.45, 2.75) is 251 Å². The third-order valence-corrected chi connectivity index (χ3v) is 12.1. The number of esters is 2. The molecule has 2 atom stereocenters. The number of hydrogen-bond acceptors (Lipinski definition) is 8. The van der Waals surface area contributed by atoms with E-state index in [0.29, 0.717) is 13.0 Å². The zero-order chi connectivity index (χ0) is 43.9. The third kappa shape index (κ3) is 46.0. The molecule has 0 saturated heterocycles. The van der Waals surface area contributed by atoms with E-state index in [1.165, 1.54) is 173 Å². The SMILES string of the molecule is CCCCC/C=C\C/C=C\CCCCCCCCCCCC(=O)OCC(COP(=O)(O)OCCNC)OC(=O)CCCCCCCCCCCCCCCCCCCCC. The van der Waals surface area contributed by atoms with Crippen molar-refractivity contribution in [2.75, 3.05) is 33.4 Å². The molecule has 0 aliphatic rings. The highest BCUT2D eigenvalue weighted by Gasteiger charge is 2.26. The van der Waals surface area contributed by atoms with Gasteiger partial charge in [-0.3, -0.25) is 18.6 Å². The largest absolute Gasteiger partial charge is 0.472 e. The quantitative estimate of drug-likeness (QED) is 0.0266. The van der Waals surface area contributed by atoms with E-state index < -0.39 is 26.5 Å². The second-order valence-corrected chi connectivity index (χ2v) is 18.5. The predicted octanol–water partition coefficient (Wildman–Crippen LogP) is 15.0. The highest BCUT2D eigenvalue weighted by Crippen LogP contribution is 2.43. The van der Waals surface area contributed by atoms with Crippen molar-refractivity contribution >= 4 is 19.8 Å². The first-order valence-electron chi connectivity index (χ1n) is 25.3. The highest BCUT2D eigenvalue weighted by molar-refractivity contribution is 7.47. The molecule has 2 N–H and O–H groups in total. The first kappa shape index (κ1) is 58.5. The van der Waals surface area contributed by atoms with Gasteiger partial charge in [-0.15, -0.1) is 0 Å². The molecule has 0 aromatic heterocycles. The van der Waals surface area contributed by atoms with Crippen LogP contribution in [0.15, 0.2) is 24.3 Å². The predicted molar refractivity (Wildman–Crippen MR) is 252 cm³/mol. The molecule has 0 saturated carbocycles. The Kier molecular flexibility index (Phi) is 45.8. The number of nitrogens with one attached hydrogen (secondary N) is 1. The Balaban J connectivity index is 4.10. The van der Waals surface area contributed by atoms with Crippen molar-refractivity contribution in [1.82, 2.24) is 5.32 Å². The van der Waals surface area contributed by atoms with E-state index in [2.05, 4.69) is 43.5 Å². The number of rotatable bonds is 48. The zero-order valence-electron chi connectivity index (χ0n) is 39.4. The summed E-state index contributed by atoms with van der Waals surface area (Å²) in [4.78, 5) is 35.2. The van der Waals surface area contributed by atoms with E-state index in [1.807, 2.05) is 0 Å². The molecule has 354 valence electrons. The van der Waals surface area contributed by atoms with E-state index in [4.69, 9.17) is 18.5 Å². The summed E-state index contributed by atoms with van der Waals surface area (Å²) in [6.45, 7) is 4.24. The summed E-state index contributed by atoms with van der Waals surface area (Å²) in [6.07, 6.45) is 50.8. The number of unbranched alkanes of at least 4 members (excludes halogenated alkanes) is 30. The van der Waals surface area contributed by atoms with E-state index in [1.54, 1.807) is 7.05 Å². The van der Waals surface area contributed by atoms with Crippen LogP contribution in [0.4, 0.5) is 0 Å². The lowest BCUT2D eigenvalue weighted by Gasteiger charge is -2.20. The molecule has 0 rings (SSSR count). The van der Waals surface area contributed by atoms with Crippen LogP contribution < -0.4 is 5.32 Å². The Bertz CT molecular complexity index is 1040. The molecule has 0 heterocycles. The van der Waals surface area contributed by atoms with Crippen LogP contribution in [-0.4, -0.2) is 56.3 Å². The average molecular weight is 870 g/mol. The normalized spacial score (nSPS) is 13.3. The van der Waals surface area contributed by atoms with Gasteiger partial charge in [0.1, 0.15) is 6.61 Å². The van der Waals surface area contributed by atoms with Gasteiger partial charge in [0.15, 0.2) is 6.10 Å². The first-order valence-corrected chi connectivity index (χ1v) is 26.8. The summed E-state index contributed by atoms with van der Waals surface area (Å²) >= 11 is 0. The van der Waals surface area contributed by atoms with Gasteiger partial charge in [-0.05, 0) is 52.0 Å². The second-order valence-electron chi connectivity index (χ2n) is 17.0. The minimum atomic E-state index is -4.35. The fourth-order valence-electron chi connectivity index (χ4n) is 7.23. The average Bonchev–Trinajstić information content (AvgIpc) is 3.23. The maximum Gasteiger partial charge on any atom is 0.472 e. The minimum Gasteiger partial charge on any atom is -0.462 e. The van der Waals surface area contributed by atoms with Crippen LogP contribution in [0.5, 0.6) is 0 Å². The van der Waals surface area contributed by atoms with Crippen molar-refractivity contribution in [2.24, 2.45) is 0 Å². The van der Waals surface area contributed by atoms with E-state index in [0.717, 1.165) is 38.5 Å². The summed E-state index contributed by atoms with van der Waals surface area (Å²) in [5.41, 5.74) is 0. The Hall–Kier alpha value is -1.51. The molecule has 0 aliphatic heterocycles. The molecular formula is C50H96NO8P. The third-order valence-electron chi connectivity index (χ3n) is 11.1. The number of likely N-dealkylation sites (N-methyl/N-ethyl adjacent to an activating group) is 1. The molecule has 0 amide bonds. The molecular weight excluding hydrogens is 774 g/mol. The summed E-state index contributed by atoms with van der Waals surface area (Å²) in [7, 11) is -2.65. The van der Waals surface area contributed by atoms with Crippen LogP contribution in [0.1, 0.15) is 245 Å². The molecule has 9 nitrogen and oxygen atoms in total. The molecule has 0 aromatic carbocycles. The Labute approximate surface area is 370 Å². The van der Waals surface area contributed by atoms with Gasteiger partial charge in [0.2, 0.25) is 0 Å². The number of phosphoric ester groups is 1. The van der Waals surface area contributed by atoms with Crippen molar-refractivity contribution in [3.63, 3.8) is 0 Å². The lowest BCUT2D eigenvalue weighted by atomic mass is 10.0. The molecule has 2 unspecified atom stereocenters. The Morgan fingerprint density at radius 2 is 0.900 bits per heavy atom. The summed E-state index contributed by atoms with van der Waals surface area (Å²) < 4.78 is 33.3. The molecule has 60 heavy (non-hydrogen) atoms. The van der Waals surface area contributed by atoms with Crippen molar-refractivity contribution in [3.05, 3.63) is 24.3 Å². The van der Waals surface area contributed by atoms with Crippen LogP contribution in [-0.2, 0) is 32.7 Å². The van der Waals surface area contributed by atoms with Gasteiger partial charge < -0.3 is 19.7 Å². The van der Waals surface area contributed by atoms with E-state index in [-0.39, 0.29) is 32.0 Å². The molecule has 0 aliphatic carbocycles. The van der Waals surface area contributed by atoms with Crippen molar-refractivity contribution in [3.8, 4) is 0 Å². The number of ether oxygens (including phenoxy) is 2. The van der Waals surface area contributed by atoms with Crippen LogP contribution >= 0.6 is 7.82 Å². The van der Waals surface area contributed by atoms with Crippen molar-refractivity contribution in [1.29, 1.82) is 0 Å². The number of phosphoric acid groups is 1. The van der Waals surface area contributed by atoms with Gasteiger partial charge in [0, 0.05) is 19.4 Å². The topological polar surface area (TPSA) is 120 Å². The molecule has 0 fully saturated rings. The highest BCUT2D eigenvalue weighted by atomic mass is 31.2. The molecule has 0 spiro atoms. The summed E-state index contributed by atoms with van der Waals surface area (Å²) in [6, 6.07) is 0. The zero-order valence-corrected chi connectivity index (χ0v) is 40.3. The van der Waals surface area contributed by atoms with Crippen LogP contribution in [0.2, 0.25) is 0 Å². The Morgan fingerprint density at radius 3 is 1.35 bits per heavy atom. The van der Waals surface area contributed by atoms with Crippen LogP contribution in [0.25, 0.3) is 0 Å². The van der Waals surface area contributed by atoms with E-state index >= 15 is 0 Å². The van der Waals surface area contributed by atoms with Crippen molar-refractivity contribution < 1.29 is 37.6 Å². The monoisotopic (exact) mass is 870 g/mol. The molecule has 0 bridgehead atoms. The maximum absolute atomic E-state index is 12.7. The number of allylic oxidation sites excluding steroid dienone is 4. The van der Waals surface area contributed by atoms with Gasteiger partial charge in [0.05, 0.1) is 13.2 Å². The fraction of sp³-hybridized carbons (Fsp3) is 0.880. The lowest BCUT2D eigenvalue weighted by molar-refractivity contribution is -0.161. The summed E-state index contributed by atoms with van der Waals surface area (Å²) in [5, 5.41) is 2.83. The molecule has 0 radical (unpaired) electrons. The second kappa shape index (κ2) is 47.0. The van der Waals surface area contributed by atoms with E-state index in [9.17, 15) is 19.0 Å². The molecule has 10 heteroatoms. The minimum absolute atomic E-state index is 0.0152. The van der Waals surface area contributed by atoms with Gasteiger partial charge in [0.25, 0.3) is 0 Å². The number of carbonyl (C=O) groups excluding carboxylic acids is 2. The van der Waals surface area contributed by atoms with Gasteiger partial charge in [-0.2, -0.15) is 0 Å². The van der Waals surface area contributed by atoms with Crippen LogP contribution in [0, 0.1) is 0 Å². The fourth-order valence-corrected chi connectivity index (χ4v) is 7.98. The van der Waals surface area contributed by atoms with Crippen LogP contribution in [0.3, 0.4) is 0 Å². The van der Waals surface area contributed by atoms with Gasteiger partial charge in [-0.25, -0.2) is 4.57 Å². The standard InChI is InChI=1S/C50H96NO8P/c1-4-6-8-10-12-14-16-18-20-22-24-26-28-30-32-34-36-38-40-42-49(52)56-46-48(47-58-60(54,55)57-45-44-51-3)59-50(53)43-41-39-37-35-33-31-29-27-25-23-21-19-17-15-13-11-9-7-5-2/h12,14,18,20,48,51H,4-11,13,15-17,19,21-47H2,1-3H3,(H,54,55)/b14-12-,20-18-. The smallest absolute Gasteiger partial charge is 0.462 e. The Morgan fingerprint density at radius 1 is 0.517 bits per heavy atom. The van der Waals surface area contributed by atoms with Gasteiger partial charge >= 0.3 is 19.8 Å². The number of carbonyl (C=O) groups is 2. The van der Waals surface area contributed by atoms with Gasteiger partial charge in [-0.1, -0.05) is 212 Å². The lowest BCUT2D eigenvalue weighted by Crippen LogP contribution is -2.29. The summed E-state index contributed by atoms with van der Waals surface area (Å²) in [5.74, 6) is -0.798. The molecule has 0 aromatic rings. The number of hydrogen-bond donors (Lipinski definition) is 2. The first-order chi connectivity index (χ1) is 29.3.